The van der Waals surface area contributed by atoms with Crippen molar-refractivity contribution in [2.45, 2.75) is 59.1 Å². The molecule has 3 rings (SSSR count). The second-order valence-corrected chi connectivity index (χ2v) is 8.55. The fraction of sp³-hybridized carbons (Fsp3) is 0.435. The number of carbonyl (C=O) groups is 1. The van der Waals surface area contributed by atoms with Crippen LogP contribution in [0, 0.1) is 0 Å². The lowest BCUT2D eigenvalue weighted by Gasteiger charge is -2.35. The summed E-state index contributed by atoms with van der Waals surface area (Å²) in [6, 6.07) is 15.9. The minimum absolute atomic E-state index is 0.105. The molecule has 0 N–H and O–H groups in total. The van der Waals surface area contributed by atoms with E-state index in [2.05, 4.69) is 37.8 Å². The molecule has 1 aliphatic rings. The van der Waals surface area contributed by atoms with E-state index in [9.17, 15) is 4.79 Å². The SMILES string of the molecule is CC1(C)OCc2cc(C(=O)CN(Cc3ccccc3)C(C)(C)C)ccc2O1. The van der Waals surface area contributed by atoms with E-state index in [0.29, 0.717) is 18.7 Å². The van der Waals surface area contributed by atoms with E-state index >= 15 is 0 Å². The summed E-state index contributed by atoms with van der Waals surface area (Å²) in [4.78, 5) is 15.2. The van der Waals surface area contributed by atoms with Crippen LogP contribution >= 0.6 is 0 Å². The maximum atomic E-state index is 13.0. The number of ketones is 1. The zero-order chi connectivity index (χ0) is 19.7. The first-order valence-electron chi connectivity index (χ1n) is 9.42. The standard InChI is InChI=1S/C23H29NO3/c1-22(2,3)24(14-17-9-7-6-8-10-17)15-20(25)18-11-12-21-19(13-18)16-26-23(4,5)27-21/h6-13H,14-16H2,1-5H3. The van der Waals surface area contributed by atoms with Gasteiger partial charge in [-0.1, -0.05) is 30.3 Å². The number of hydrogen-bond acceptors (Lipinski definition) is 4. The largest absolute Gasteiger partial charge is 0.463 e. The third-order valence-electron chi connectivity index (χ3n) is 4.81. The summed E-state index contributed by atoms with van der Waals surface area (Å²) in [5.41, 5.74) is 2.71. The van der Waals surface area contributed by atoms with Crippen LogP contribution in [0.1, 0.15) is 56.1 Å². The number of rotatable bonds is 5. The number of nitrogens with zero attached hydrogens (tertiary/aromatic N) is 1. The molecule has 0 aliphatic carbocycles. The van der Waals surface area contributed by atoms with Crippen molar-refractivity contribution in [3.05, 3.63) is 65.2 Å². The van der Waals surface area contributed by atoms with Crippen LogP contribution < -0.4 is 4.74 Å². The van der Waals surface area contributed by atoms with Crippen molar-refractivity contribution in [1.29, 1.82) is 0 Å². The monoisotopic (exact) mass is 367 g/mol. The van der Waals surface area contributed by atoms with E-state index in [1.807, 2.05) is 50.2 Å². The molecule has 144 valence electrons. The highest BCUT2D eigenvalue weighted by Crippen LogP contribution is 2.32. The average Bonchev–Trinajstić information content (AvgIpc) is 2.60. The van der Waals surface area contributed by atoms with Gasteiger partial charge < -0.3 is 9.47 Å². The molecular weight excluding hydrogens is 338 g/mol. The Hall–Kier alpha value is -2.17. The Morgan fingerprint density at radius 1 is 1.11 bits per heavy atom. The van der Waals surface area contributed by atoms with Crippen molar-refractivity contribution in [2.24, 2.45) is 0 Å². The van der Waals surface area contributed by atoms with Crippen LogP contribution in [-0.4, -0.2) is 28.6 Å². The Morgan fingerprint density at radius 3 is 2.48 bits per heavy atom. The molecule has 27 heavy (non-hydrogen) atoms. The molecule has 0 fully saturated rings. The third-order valence-corrected chi connectivity index (χ3v) is 4.81. The van der Waals surface area contributed by atoms with Gasteiger partial charge in [0.05, 0.1) is 13.2 Å². The summed E-state index contributed by atoms with van der Waals surface area (Å²) in [5.74, 6) is 0.269. The Kier molecular flexibility index (Phi) is 5.41. The quantitative estimate of drug-likeness (QED) is 0.711. The van der Waals surface area contributed by atoms with Gasteiger partial charge in [-0.05, 0) is 44.5 Å². The van der Waals surface area contributed by atoms with Crippen LogP contribution in [0.5, 0.6) is 5.75 Å². The summed E-state index contributed by atoms with van der Waals surface area (Å²) < 4.78 is 11.5. The molecule has 0 saturated heterocycles. The van der Waals surface area contributed by atoms with Crippen molar-refractivity contribution in [2.75, 3.05) is 6.54 Å². The van der Waals surface area contributed by atoms with Gasteiger partial charge in [-0.2, -0.15) is 0 Å². The van der Waals surface area contributed by atoms with Crippen molar-refractivity contribution < 1.29 is 14.3 Å². The highest BCUT2D eigenvalue weighted by atomic mass is 16.7. The fourth-order valence-corrected chi connectivity index (χ4v) is 3.11. The van der Waals surface area contributed by atoms with Gasteiger partial charge in [0.25, 0.3) is 0 Å². The lowest BCUT2D eigenvalue weighted by atomic mass is 10.0. The van der Waals surface area contributed by atoms with Crippen LogP contribution in [-0.2, 0) is 17.9 Å². The number of Topliss-reactive ketones (excluding diaryl/α,β-unsaturated/α-hetero) is 1. The maximum absolute atomic E-state index is 13.0. The smallest absolute Gasteiger partial charge is 0.205 e. The molecule has 1 aliphatic heterocycles. The molecule has 0 radical (unpaired) electrons. The Labute approximate surface area is 162 Å². The van der Waals surface area contributed by atoms with Gasteiger partial charge in [0, 0.05) is 37.1 Å². The summed E-state index contributed by atoms with van der Waals surface area (Å²) in [5, 5.41) is 0. The lowest BCUT2D eigenvalue weighted by molar-refractivity contribution is -0.180. The van der Waals surface area contributed by atoms with Crippen LogP contribution in [0.2, 0.25) is 0 Å². The molecule has 0 atom stereocenters. The van der Waals surface area contributed by atoms with E-state index in [-0.39, 0.29) is 11.3 Å². The number of benzene rings is 2. The van der Waals surface area contributed by atoms with Crippen molar-refractivity contribution in [1.82, 2.24) is 4.90 Å². The molecule has 2 aromatic rings. The van der Waals surface area contributed by atoms with E-state index in [4.69, 9.17) is 9.47 Å². The summed E-state index contributed by atoms with van der Waals surface area (Å²) in [6.07, 6.45) is 0. The molecule has 0 spiro atoms. The third kappa shape index (κ3) is 4.96. The first-order chi connectivity index (χ1) is 12.6. The molecule has 4 heteroatoms. The fourth-order valence-electron chi connectivity index (χ4n) is 3.11. The van der Waals surface area contributed by atoms with Gasteiger partial charge in [0.1, 0.15) is 5.75 Å². The molecule has 4 nitrogen and oxygen atoms in total. The highest BCUT2D eigenvalue weighted by molar-refractivity contribution is 5.98. The van der Waals surface area contributed by atoms with Gasteiger partial charge in [-0.15, -0.1) is 0 Å². The maximum Gasteiger partial charge on any atom is 0.205 e. The Balaban J connectivity index is 1.76. The predicted molar refractivity (Wildman–Crippen MR) is 107 cm³/mol. The van der Waals surface area contributed by atoms with Crippen LogP contribution in [0.25, 0.3) is 0 Å². The summed E-state index contributed by atoms with van der Waals surface area (Å²) >= 11 is 0. The Morgan fingerprint density at radius 2 is 1.81 bits per heavy atom. The molecule has 1 heterocycles. The molecule has 2 aromatic carbocycles. The van der Waals surface area contributed by atoms with E-state index < -0.39 is 5.79 Å². The van der Waals surface area contributed by atoms with Crippen LogP contribution in [0.15, 0.2) is 48.5 Å². The van der Waals surface area contributed by atoms with Gasteiger partial charge in [-0.3, -0.25) is 9.69 Å². The van der Waals surface area contributed by atoms with Gasteiger partial charge >= 0.3 is 0 Å². The lowest BCUT2D eigenvalue weighted by Crippen LogP contribution is -2.43. The van der Waals surface area contributed by atoms with E-state index in [1.165, 1.54) is 5.56 Å². The van der Waals surface area contributed by atoms with Crippen LogP contribution in [0.4, 0.5) is 0 Å². The number of ether oxygens (including phenoxy) is 2. The number of hydrogen-bond donors (Lipinski definition) is 0. The average molecular weight is 367 g/mol. The molecule has 0 amide bonds. The zero-order valence-electron chi connectivity index (χ0n) is 16.9. The zero-order valence-corrected chi connectivity index (χ0v) is 16.9. The second-order valence-electron chi connectivity index (χ2n) is 8.55. The summed E-state index contributed by atoms with van der Waals surface area (Å²) in [6.45, 7) is 11.8. The van der Waals surface area contributed by atoms with E-state index in [1.54, 1.807) is 0 Å². The van der Waals surface area contributed by atoms with Gasteiger partial charge in [0.15, 0.2) is 5.78 Å². The predicted octanol–water partition coefficient (Wildman–Crippen LogP) is 4.82. The topological polar surface area (TPSA) is 38.8 Å². The van der Waals surface area contributed by atoms with Crippen LogP contribution in [0.3, 0.4) is 0 Å². The second kappa shape index (κ2) is 7.45. The summed E-state index contributed by atoms with van der Waals surface area (Å²) in [7, 11) is 0. The van der Waals surface area contributed by atoms with Crippen molar-refractivity contribution in [3.8, 4) is 5.75 Å². The first kappa shape index (κ1) is 19.6. The van der Waals surface area contributed by atoms with Gasteiger partial charge in [-0.25, -0.2) is 0 Å². The van der Waals surface area contributed by atoms with E-state index in [0.717, 1.165) is 17.9 Å². The molecule has 0 saturated carbocycles. The van der Waals surface area contributed by atoms with Crippen molar-refractivity contribution in [3.63, 3.8) is 0 Å². The number of fused-ring (bicyclic) bond motifs is 1. The first-order valence-corrected chi connectivity index (χ1v) is 9.42. The molecule has 0 aromatic heterocycles. The Bertz CT molecular complexity index is 806. The van der Waals surface area contributed by atoms with Crippen molar-refractivity contribution >= 4 is 5.78 Å². The molecular formula is C23H29NO3. The minimum Gasteiger partial charge on any atom is -0.463 e. The van der Waals surface area contributed by atoms with Gasteiger partial charge in [0.2, 0.25) is 5.79 Å². The number of carbonyl (C=O) groups excluding carboxylic acids is 1. The molecule has 0 bridgehead atoms. The highest BCUT2D eigenvalue weighted by Gasteiger charge is 2.29. The normalized spacial score (nSPS) is 15.9. The minimum atomic E-state index is -0.628. The molecule has 0 unspecified atom stereocenters.